The highest BCUT2D eigenvalue weighted by atomic mass is 16.5. The van der Waals surface area contributed by atoms with E-state index < -0.39 is 6.04 Å². The molecule has 3 N–H and O–H groups in total. The van der Waals surface area contributed by atoms with E-state index in [1.807, 2.05) is 6.07 Å². The third kappa shape index (κ3) is 4.40. The number of hydrogen-bond donors (Lipinski definition) is 3. The third-order valence-electron chi connectivity index (χ3n) is 5.53. The Bertz CT molecular complexity index is 769. The van der Waals surface area contributed by atoms with Gasteiger partial charge in [-0.3, -0.25) is 4.79 Å². The molecule has 28 heavy (non-hydrogen) atoms. The molecule has 1 aliphatic heterocycles. The normalized spacial score (nSPS) is 20.2. The standard InChI is InChI=1S/C21H29N3O4/c1-13-18(20(25)22-12-14-7-5-4-6-8-14)19(24-21(26)23-13)15-9-10-16(27-2)17(11-15)28-3/h9-11,14,19H,4-8,12H2,1-3H3,(H,22,25)(H2,23,24,26). The van der Waals surface area contributed by atoms with Gasteiger partial charge in [0, 0.05) is 12.2 Å². The van der Waals surface area contributed by atoms with E-state index in [4.69, 9.17) is 9.47 Å². The third-order valence-corrected chi connectivity index (χ3v) is 5.53. The molecule has 1 atom stereocenters. The van der Waals surface area contributed by atoms with Gasteiger partial charge in [-0.05, 0) is 43.4 Å². The Balaban J connectivity index is 1.83. The minimum atomic E-state index is -0.556. The van der Waals surface area contributed by atoms with Crippen LogP contribution in [0.1, 0.15) is 50.6 Å². The quantitative estimate of drug-likeness (QED) is 0.700. The van der Waals surface area contributed by atoms with Gasteiger partial charge in [-0.2, -0.15) is 0 Å². The van der Waals surface area contributed by atoms with Gasteiger partial charge >= 0.3 is 6.03 Å². The lowest BCUT2D eigenvalue weighted by atomic mass is 9.89. The zero-order valence-corrected chi connectivity index (χ0v) is 16.8. The van der Waals surface area contributed by atoms with Gasteiger partial charge in [-0.25, -0.2) is 4.79 Å². The first kappa shape index (κ1) is 20.0. The molecular formula is C21H29N3O4. The van der Waals surface area contributed by atoms with Crippen molar-refractivity contribution < 1.29 is 19.1 Å². The number of ether oxygens (including phenoxy) is 2. The molecule has 0 radical (unpaired) electrons. The molecule has 7 heteroatoms. The second kappa shape index (κ2) is 8.99. The number of amides is 3. The van der Waals surface area contributed by atoms with Crippen LogP contribution in [-0.4, -0.2) is 32.7 Å². The molecule has 0 aromatic heterocycles. The molecule has 1 aromatic rings. The molecule has 0 bridgehead atoms. The second-order valence-electron chi connectivity index (χ2n) is 7.40. The summed E-state index contributed by atoms with van der Waals surface area (Å²) in [5, 5.41) is 8.64. The van der Waals surface area contributed by atoms with Crippen LogP contribution in [0.2, 0.25) is 0 Å². The molecular weight excluding hydrogens is 358 g/mol. The van der Waals surface area contributed by atoms with Crippen molar-refractivity contribution in [3.63, 3.8) is 0 Å². The van der Waals surface area contributed by atoms with Crippen molar-refractivity contribution in [1.82, 2.24) is 16.0 Å². The molecule has 1 aromatic carbocycles. The highest BCUT2D eigenvalue weighted by Crippen LogP contribution is 2.34. The summed E-state index contributed by atoms with van der Waals surface area (Å²) in [5.41, 5.74) is 1.84. The number of benzene rings is 1. The molecule has 1 fully saturated rings. The maximum absolute atomic E-state index is 13.0. The van der Waals surface area contributed by atoms with Gasteiger partial charge < -0.3 is 25.4 Å². The van der Waals surface area contributed by atoms with Gasteiger partial charge in [0.25, 0.3) is 5.91 Å². The highest BCUT2D eigenvalue weighted by Gasteiger charge is 2.32. The summed E-state index contributed by atoms with van der Waals surface area (Å²) in [4.78, 5) is 25.1. The van der Waals surface area contributed by atoms with Crippen molar-refractivity contribution in [3.05, 3.63) is 35.0 Å². The van der Waals surface area contributed by atoms with E-state index >= 15 is 0 Å². The Morgan fingerprint density at radius 2 is 1.86 bits per heavy atom. The topological polar surface area (TPSA) is 88.7 Å². The monoisotopic (exact) mass is 387 g/mol. The fourth-order valence-corrected chi connectivity index (χ4v) is 4.00. The van der Waals surface area contributed by atoms with E-state index in [-0.39, 0.29) is 11.9 Å². The van der Waals surface area contributed by atoms with Crippen LogP contribution in [0.4, 0.5) is 4.79 Å². The van der Waals surface area contributed by atoms with Gasteiger partial charge in [-0.1, -0.05) is 25.3 Å². The Kier molecular flexibility index (Phi) is 6.44. The fraction of sp³-hybridized carbons (Fsp3) is 0.524. The van der Waals surface area contributed by atoms with Crippen LogP contribution < -0.4 is 25.4 Å². The van der Waals surface area contributed by atoms with Crippen LogP contribution in [0.5, 0.6) is 11.5 Å². The summed E-state index contributed by atoms with van der Waals surface area (Å²) < 4.78 is 10.7. The summed E-state index contributed by atoms with van der Waals surface area (Å²) in [5.74, 6) is 1.52. The Labute approximate surface area is 165 Å². The maximum Gasteiger partial charge on any atom is 0.319 e. The minimum absolute atomic E-state index is 0.157. The van der Waals surface area contributed by atoms with E-state index in [2.05, 4.69) is 16.0 Å². The number of nitrogens with one attached hydrogen (secondary N) is 3. The van der Waals surface area contributed by atoms with Crippen LogP contribution in [0.15, 0.2) is 29.5 Å². The summed E-state index contributed by atoms with van der Waals surface area (Å²) >= 11 is 0. The smallest absolute Gasteiger partial charge is 0.319 e. The highest BCUT2D eigenvalue weighted by molar-refractivity contribution is 5.98. The number of carbonyl (C=O) groups excluding carboxylic acids is 2. The van der Waals surface area contributed by atoms with E-state index in [9.17, 15) is 9.59 Å². The van der Waals surface area contributed by atoms with E-state index in [0.717, 1.165) is 18.4 Å². The van der Waals surface area contributed by atoms with Gasteiger partial charge in [0.15, 0.2) is 11.5 Å². The number of rotatable bonds is 6. The first-order chi connectivity index (χ1) is 13.5. The largest absolute Gasteiger partial charge is 0.493 e. The van der Waals surface area contributed by atoms with Crippen molar-refractivity contribution in [3.8, 4) is 11.5 Å². The molecule has 1 heterocycles. The first-order valence-electron chi connectivity index (χ1n) is 9.82. The van der Waals surface area contributed by atoms with E-state index in [1.165, 1.54) is 19.3 Å². The van der Waals surface area contributed by atoms with Crippen LogP contribution in [-0.2, 0) is 4.79 Å². The lowest BCUT2D eigenvalue weighted by molar-refractivity contribution is -0.118. The molecule has 1 saturated carbocycles. The molecule has 1 unspecified atom stereocenters. The minimum Gasteiger partial charge on any atom is -0.493 e. The zero-order chi connectivity index (χ0) is 20.1. The molecule has 7 nitrogen and oxygen atoms in total. The fourth-order valence-electron chi connectivity index (χ4n) is 4.00. The SMILES string of the molecule is COc1ccc(C2NC(=O)NC(C)=C2C(=O)NCC2CCCCC2)cc1OC. The summed E-state index contributed by atoms with van der Waals surface area (Å²) in [6.07, 6.45) is 6.06. The molecule has 0 spiro atoms. The van der Waals surface area contributed by atoms with Crippen molar-refractivity contribution in [2.24, 2.45) is 5.92 Å². The average Bonchev–Trinajstić information content (AvgIpc) is 2.71. The molecule has 0 saturated heterocycles. The van der Waals surface area contributed by atoms with E-state index in [0.29, 0.717) is 35.2 Å². The van der Waals surface area contributed by atoms with Gasteiger partial charge in [0.05, 0.1) is 25.8 Å². The number of allylic oxidation sites excluding steroid dienone is 1. The van der Waals surface area contributed by atoms with Crippen molar-refractivity contribution in [2.75, 3.05) is 20.8 Å². The van der Waals surface area contributed by atoms with Crippen molar-refractivity contribution >= 4 is 11.9 Å². The Hall–Kier alpha value is -2.70. The predicted octanol–water partition coefficient (Wildman–Crippen LogP) is 3.03. The molecule has 1 aliphatic carbocycles. The van der Waals surface area contributed by atoms with Crippen LogP contribution in [0, 0.1) is 5.92 Å². The lowest BCUT2D eigenvalue weighted by Crippen LogP contribution is -2.47. The number of urea groups is 1. The summed E-state index contributed by atoms with van der Waals surface area (Å²) in [7, 11) is 3.12. The molecule has 2 aliphatic rings. The van der Waals surface area contributed by atoms with Gasteiger partial charge in [0.1, 0.15) is 0 Å². The second-order valence-corrected chi connectivity index (χ2v) is 7.40. The zero-order valence-electron chi connectivity index (χ0n) is 16.8. The van der Waals surface area contributed by atoms with Crippen molar-refractivity contribution in [1.29, 1.82) is 0 Å². The van der Waals surface area contributed by atoms with Gasteiger partial charge in [-0.15, -0.1) is 0 Å². The van der Waals surface area contributed by atoms with Crippen LogP contribution in [0.3, 0.4) is 0 Å². The Morgan fingerprint density at radius 1 is 1.14 bits per heavy atom. The first-order valence-corrected chi connectivity index (χ1v) is 9.82. The average molecular weight is 387 g/mol. The van der Waals surface area contributed by atoms with E-state index in [1.54, 1.807) is 33.3 Å². The summed E-state index contributed by atoms with van der Waals surface area (Å²) in [6.45, 7) is 2.42. The lowest BCUT2D eigenvalue weighted by Gasteiger charge is -2.30. The molecule has 152 valence electrons. The molecule has 3 rings (SSSR count). The summed E-state index contributed by atoms with van der Waals surface area (Å²) in [6, 6.07) is 4.51. The predicted molar refractivity (Wildman–Crippen MR) is 106 cm³/mol. The van der Waals surface area contributed by atoms with Crippen LogP contribution in [0.25, 0.3) is 0 Å². The number of hydrogen-bond acceptors (Lipinski definition) is 4. The maximum atomic E-state index is 13.0. The molecule has 3 amide bonds. The number of carbonyl (C=O) groups is 2. The Morgan fingerprint density at radius 3 is 2.54 bits per heavy atom. The van der Waals surface area contributed by atoms with Crippen LogP contribution >= 0.6 is 0 Å². The van der Waals surface area contributed by atoms with Crippen molar-refractivity contribution in [2.45, 2.75) is 45.1 Å². The number of methoxy groups -OCH3 is 2. The van der Waals surface area contributed by atoms with Gasteiger partial charge in [0.2, 0.25) is 0 Å².